The first kappa shape index (κ1) is 20.2. The lowest BCUT2D eigenvalue weighted by atomic mass is 9.91. The highest BCUT2D eigenvalue weighted by atomic mass is 35.5. The maximum atomic E-state index is 12.4. The Morgan fingerprint density at radius 3 is 2.42 bits per heavy atom. The van der Waals surface area contributed by atoms with Gasteiger partial charge in [-0.3, -0.25) is 9.48 Å². The quantitative estimate of drug-likeness (QED) is 0.887. The van der Waals surface area contributed by atoms with Crippen LogP contribution in [0.25, 0.3) is 0 Å². The van der Waals surface area contributed by atoms with Crippen LogP contribution >= 0.6 is 12.4 Å². The average Bonchev–Trinajstić information content (AvgIpc) is 2.76. The second-order valence-electron chi connectivity index (χ2n) is 7.26. The second-order valence-corrected chi connectivity index (χ2v) is 7.26. The Labute approximate surface area is 150 Å². The van der Waals surface area contributed by atoms with E-state index in [0.717, 1.165) is 23.2 Å². The number of amides is 1. The first-order valence-corrected chi connectivity index (χ1v) is 7.82. The van der Waals surface area contributed by atoms with E-state index in [-0.39, 0.29) is 23.7 Å². The number of anilines is 1. The molecular weight excluding hydrogens is 324 g/mol. The van der Waals surface area contributed by atoms with Crippen molar-refractivity contribution >= 4 is 24.1 Å². The zero-order valence-corrected chi connectivity index (χ0v) is 15.8. The summed E-state index contributed by atoms with van der Waals surface area (Å²) >= 11 is 0. The van der Waals surface area contributed by atoms with E-state index in [0.29, 0.717) is 5.82 Å². The van der Waals surface area contributed by atoms with E-state index in [1.54, 1.807) is 4.68 Å². The molecular formula is C18H27ClN4O. The van der Waals surface area contributed by atoms with Crippen LogP contribution in [0.2, 0.25) is 0 Å². The number of nitrogens with two attached hydrogens (primary N) is 1. The topological polar surface area (TPSA) is 72.9 Å². The summed E-state index contributed by atoms with van der Waals surface area (Å²) in [7, 11) is 1.82. The van der Waals surface area contributed by atoms with E-state index >= 15 is 0 Å². The van der Waals surface area contributed by atoms with E-state index in [9.17, 15) is 4.79 Å². The predicted molar refractivity (Wildman–Crippen MR) is 100 cm³/mol. The number of hydrogen-bond donors (Lipinski definition) is 2. The van der Waals surface area contributed by atoms with Crippen molar-refractivity contribution < 1.29 is 4.79 Å². The molecule has 5 nitrogen and oxygen atoms in total. The maximum Gasteiger partial charge on any atom is 0.247 e. The van der Waals surface area contributed by atoms with Crippen molar-refractivity contribution in [2.75, 3.05) is 5.32 Å². The number of hydrogen-bond acceptors (Lipinski definition) is 3. The molecule has 0 aliphatic carbocycles. The van der Waals surface area contributed by atoms with Gasteiger partial charge in [-0.05, 0) is 24.3 Å². The minimum Gasteiger partial charge on any atom is -0.316 e. The van der Waals surface area contributed by atoms with Crippen LogP contribution in [0, 0.1) is 12.3 Å². The molecule has 2 rings (SSSR count). The highest BCUT2D eigenvalue weighted by Gasteiger charge is 2.19. The van der Waals surface area contributed by atoms with E-state index in [1.165, 1.54) is 0 Å². The summed E-state index contributed by atoms with van der Waals surface area (Å²) in [4.78, 5) is 12.4. The Hall–Kier alpha value is -1.85. The van der Waals surface area contributed by atoms with Crippen molar-refractivity contribution in [2.45, 2.75) is 40.2 Å². The second kappa shape index (κ2) is 7.81. The number of halogens is 1. The van der Waals surface area contributed by atoms with Crippen molar-refractivity contribution in [3.8, 4) is 0 Å². The van der Waals surface area contributed by atoms with E-state index < -0.39 is 6.04 Å². The Balaban J connectivity index is 0.00000288. The molecule has 1 amide bonds. The molecule has 2 aromatic rings. The molecule has 1 heterocycles. The minimum absolute atomic E-state index is 0. The molecule has 0 saturated carbocycles. The molecule has 0 aliphatic rings. The summed E-state index contributed by atoms with van der Waals surface area (Å²) in [5, 5.41) is 7.32. The van der Waals surface area contributed by atoms with Crippen molar-refractivity contribution in [1.82, 2.24) is 9.78 Å². The SMILES string of the molecule is Cc1ccc(C(N)C(=O)Nc2cc(CC(C)(C)C)nn2C)cc1.Cl. The van der Waals surface area contributed by atoms with Gasteiger partial charge in [0.05, 0.1) is 5.69 Å². The molecule has 6 heteroatoms. The Bertz CT molecular complexity index is 686. The highest BCUT2D eigenvalue weighted by molar-refractivity contribution is 5.94. The number of benzene rings is 1. The van der Waals surface area contributed by atoms with Gasteiger partial charge >= 0.3 is 0 Å². The molecule has 1 unspecified atom stereocenters. The Morgan fingerprint density at radius 2 is 1.88 bits per heavy atom. The number of nitrogens with one attached hydrogen (secondary N) is 1. The summed E-state index contributed by atoms with van der Waals surface area (Å²) in [5.41, 5.74) is 9.09. The Kier molecular flexibility index (Phi) is 6.58. The number of carbonyl (C=O) groups excluding carboxylic acids is 1. The smallest absolute Gasteiger partial charge is 0.247 e. The molecule has 0 spiro atoms. The molecule has 132 valence electrons. The third-order valence-corrected chi connectivity index (χ3v) is 3.61. The monoisotopic (exact) mass is 350 g/mol. The standard InChI is InChI=1S/C18H26N4O.ClH/c1-12-6-8-13(9-7-12)16(19)17(23)20-15-10-14(21-22(15)5)11-18(2,3)4;/h6-10,16H,11,19H2,1-5H3,(H,20,23);1H. The van der Waals surface area contributed by atoms with Crippen molar-refractivity contribution in [3.05, 3.63) is 47.2 Å². The summed E-state index contributed by atoms with van der Waals surface area (Å²) in [6.45, 7) is 8.48. The molecule has 24 heavy (non-hydrogen) atoms. The highest BCUT2D eigenvalue weighted by Crippen LogP contribution is 2.22. The van der Waals surface area contributed by atoms with Crippen molar-refractivity contribution in [3.63, 3.8) is 0 Å². The van der Waals surface area contributed by atoms with Gasteiger partial charge in [0.2, 0.25) is 5.91 Å². The van der Waals surface area contributed by atoms with E-state index in [4.69, 9.17) is 5.73 Å². The summed E-state index contributed by atoms with van der Waals surface area (Å²) in [6, 6.07) is 8.88. The lowest BCUT2D eigenvalue weighted by Gasteiger charge is -2.15. The molecule has 1 aromatic carbocycles. The maximum absolute atomic E-state index is 12.4. The van der Waals surface area contributed by atoms with Crippen LogP contribution in [0.15, 0.2) is 30.3 Å². The van der Waals surface area contributed by atoms with Gasteiger partial charge in [-0.25, -0.2) is 0 Å². The average molecular weight is 351 g/mol. The van der Waals surface area contributed by atoms with Crippen LogP contribution in [-0.2, 0) is 18.3 Å². The normalized spacial score (nSPS) is 12.4. The van der Waals surface area contributed by atoms with Crippen LogP contribution in [0.1, 0.15) is 43.6 Å². The lowest BCUT2D eigenvalue weighted by molar-refractivity contribution is -0.117. The molecule has 0 fully saturated rings. The Morgan fingerprint density at radius 1 is 1.29 bits per heavy atom. The van der Waals surface area contributed by atoms with Gasteiger partial charge in [-0.15, -0.1) is 12.4 Å². The third kappa shape index (κ3) is 5.35. The van der Waals surface area contributed by atoms with Crippen LogP contribution in [0.3, 0.4) is 0 Å². The van der Waals surface area contributed by atoms with Gasteiger partial charge in [0.1, 0.15) is 11.9 Å². The largest absolute Gasteiger partial charge is 0.316 e. The molecule has 3 N–H and O–H groups in total. The summed E-state index contributed by atoms with van der Waals surface area (Å²) < 4.78 is 1.68. The van der Waals surface area contributed by atoms with Gasteiger partial charge < -0.3 is 11.1 Å². The number of aryl methyl sites for hydroxylation is 2. The number of carbonyl (C=O) groups is 1. The van der Waals surface area contributed by atoms with Gasteiger partial charge in [-0.2, -0.15) is 5.10 Å². The van der Waals surface area contributed by atoms with Gasteiger partial charge in [-0.1, -0.05) is 50.6 Å². The molecule has 0 saturated heterocycles. The fraction of sp³-hybridized carbons (Fsp3) is 0.444. The number of nitrogens with zero attached hydrogens (tertiary/aromatic N) is 2. The van der Waals surface area contributed by atoms with E-state index in [2.05, 4.69) is 31.2 Å². The van der Waals surface area contributed by atoms with Crippen molar-refractivity contribution in [2.24, 2.45) is 18.2 Å². The van der Waals surface area contributed by atoms with Crippen LogP contribution in [0.4, 0.5) is 5.82 Å². The van der Waals surface area contributed by atoms with Crippen LogP contribution in [0.5, 0.6) is 0 Å². The zero-order valence-electron chi connectivity index (χ0n) is 15.0. The minimum atomic E-state index is -0.698. The lowest BCUT2D eigenvalue weighted by Crippen LogP contribution is -2.28. The molecule has 1 atom stereocenters. The predicted octanol–water partition coefficient (Wildman–Crippen LogP) is 3.38. The van der Waals surface area contributed by atoms with Gasteiger partial charge in [0.15, 0.2) is 0 Å². The first-order chi connectivity index (χ1) is 10.7. The fourth-order valence-electron chi connectivity index (χ4n) is 2.40. The van der Waals surface area contributed by atoms with Crippen molar-refractivity contribution in [1.29, 1.82) is 0 Å². The molecule has 0 radical (unpaired) electrons. The zero-order chi connectivity index (χ0) is 17.2. The van der Waals surface area contributed by atoms with E-state index in [1.807, 2.05) is 44.3 Å². The van der Waals surface area contributed by atoms with Crippen LogP contribution < -0.4 is 11.1 Å². The summed E-state index contributed by atoms with van der Waals surface area (Å²) in [5.74, 6) is 0.427. The van der Waals surface area contributed by atoms with Crippen LogP contribution in [-0.4, -0.2) is 15.7 Å². The molecule has 0 bridgehead atoms. The molecule has 1 aromatic heterocycles. The van der Waals surface area contributed by atoms with Gasteiger partial charge in [0, 0.05) is 13.1 Å². The first-order valence-electron chi connectivity index (χ1n) is 7.82. The third-order valence-electron chi connectivity index (χ3n) is 3.61. The van der Waals surface area contributed by atoms with Gasteiger partial charge in [0.25, 0.3) is 0 Å². The molecule has 0 aliphatic heterocycles. The fourth-order valence-corrected chi connectivity index (χ4v) is 2.40. The summed E-state index contributed by atoms with van der Waals surface area (Å²) in [6.07, 6.45) is 0.848. The number of aromatic nitrogens is 2. The number of rotatable bonds is 4.